The second-order valence-electron chi connectivity index (χ2n) is 6.32. The maximum atomic E-state index is 11.7. The largest absolute Gasteiger partial charge is 0.387 e. The van der Waals surface area contributed by atoms with Gasteiger partial charge in [0.15, 0.2) is 0 Å². The van der Waals surface area contributed by atoms with E-state index in [0.717, 1.165) is 5.56 Å². The average Bonchev–Trinajstić information content (AvgIpc) is 2.44. The van der Waals surface area contributed by atoms with Crippen LogP contribution >= 0.6 is 0 Å². The minimum atomic E-state index is -3.45. The van der Waals surface area contributed by atoms with Crippen molar-refractivity contribution in [3.8, 4) is 6.07 Å². The number of nitrogens with zero attached hydrogens (tertiary/aromatic N) is 1. The van der Waals surface area contributed by atoms with E-state index in [1.54, 1.807) is 0 Å². The van der Waals surface area contributed by atoms with Crippen molar-refractivity contribution in [3.63, 3.8) is 0 Å². The Morgan fingerprint density at radius 1 is 1.27 bits per heavy atom. The molecule has 5 nitrogen and oxygen atoms in total. The molecular formula is C16H24N2O3S. The number of aliphatic hydroxyl groups excluding tert-OH is 1. The first-order chi connectivity index (χ1) is 10.2. The lowest BCUT2D eigenvalue weighted by atomic mass is 9.86. The highest BCUT2D eigenvalue weighted by molar-refractivity contribution is 7.89. The quantitative estimate of drug-likeness (QED) is 0.753. The van der Waals surface area contributed by atoms with Crippen LogP contribution in [0.5, 0.6) is 0 Å². The molecule has 0 saturated heterocycles. The van der Waals surface area contributed by atoms with Crippen molar-refractivity contribution in [2.75, 3.05) is 12.3 Å². The molecule has 22 heavy (non-hydrogen) atoms. The first-order valence-corrected chi connectivity index (χ1v) is 8.94. The zero-order chi connectivity index (χ0) is 16.8. The number of sulfonamides is 1. The summed E-state index contributed by atoms with van der Waals surface area (Å²) >= 11 is 0. The highest BCUT2D eigenvalue weighted by Gasteiger charge is 2.16. The molecule has 0 amide bonds. The first-order valence-electron chi connectivity index (χ1n) is 7.28. The first kappa shape index (κ1) is 18.6. The summed E-state index contributed by atoms with van der Waals surface area (Å²) in [7, 11) is -3.45. The molecule has 0 spiro atoms. The Kier molecular flexibility index (Phi) is 6.54. The molecule has 1 aromatic rings. The summed E-state index contributed by atoms with van der Waals surface area (Å²) in [5, 5.41) is 18.5. The highest BCUT2D eigenvalue weighted by Crippen LogP contribution is 2.23. The summed E-state index contributed by atoms with van der Waals surface area (Å²) < 4.78 is 25.8. The topological polar surface area (TPSA) is 90.2 Å². The van der Waals surface area contributed by atoms with Crippen LogP contribution in [0, 0.1) is 11.3 Å². The molecule has 6 heteroatoms. The molecule has 0 heterocycles. The van der Waals surface area contributed by atoms with Gasteiger partial charge in [-0.3, -0.25) is 0 Å². The fourth-order valence-electron chi connectivity index (χ4n) is 1.94. The predicted octanol–water partition coefficient (Wildman–Crippen LogP) is 2.24. The zero-order valence-electron chi connectivity index (χ0n) is 13.3. The number of nitriles is 1. The molecule has 0 radical (unpaired) electrons. The van der Waals surface area contributed by atoms with Crippen LogP contribution in [0.3, 0.4) is 0 Å². The number of hydrogen-bond acceptors (Lipinski definition) is 4. The van der Waals surface area contributed by atoms with Gasteiger partial charge in [-0.05, 0) is 23.0 Å². The van der Waals surface area contributed by atoms with E-state index in [-0.39, 0.29) is 24.1 Å². The summed E-state index contributed by atoms with van der Waals surface area (Å²) in [6.45, 7) is 6.25. The molecule has 1 rings (SSSR count). The second-order valence-corrected chi connectivity index (χ2v) is 8.24. The third-order valence-corrected chi connectivity index (χ3v) is 4.79. The third-order valence-electron chi connectivity index (χ3n) is 3.36. The van der Waals surface area contributed by atoms with Gasteiger partial charge in [0.1, 0.15) is 0 Å². The summed E-state index contributed by atoms with van der Waals surface area (Å²) in [6.07, 6.45) is -0.389. The van der Waals surface area contributed by atoms with Crippen molar-refractivity contribution in [1.29, 1.82) is 5.26 Å². The minimum absolute atomic E-state index is 0.0335. The average molecular weight is 324 g/mol. The summed E-state index contributed by atoms with van der Waals surface area (Å²) in [5.74, 6) is -0.101. The van der Waals surface area contributed by atoms with Crippen molar-refractivity contribution in [2.24, 2.45) is 0 Å². The molecule has 0 aliphatic carbocycles. The maximum Gasteiger partial charge on any atom is 0.211 e. The van der Waals surface area contributed by atoms with Crippen LogP contribution in [-0.2, 0) is 15.4 Å². The Hall–Kier alpha value is -1.42. The van der Waals surface area contributed by atoms with Crippen molar-refractivity contribution in [3.05, 3.63) is 35.4 Å². The summed E-state index contributed by atoms with van der Waals surface area (Å²) in [4.78, 5) is 0. The lowest BCUT2D eigenvalue weighted by molar-refractivity contribution is 0.182. The van der Waals surface area contributed by atoms with Gasteiger partial charge < -0.3 is 5.11 Å². The van der Waals surface area contributed by atoms with E-state index < -0.39 is 16.1 Å². The molecule has 0 aliphatic heterocycles. The Bertz CT molecular complexity index is 610. The number of rotatable bonds is 7. The van der Waals surface area contributed by atoms with E-state index in [9.17, 15) is 13.5 Å². The van der Waals surface area contributed by atoms with Gasteiger partial charge in [-0.25, -0.2) is 13.1 Å². The number of benzene rings is 1. The van der Waals surface area contributed by atoms with Crippen molar-refractivity contribution >= 4 is 10.0 Å². The SMILES string of the molecule is CC(C)(C)c1ccc(C(O)CNS(=O)(=O)CCCC#N)cc1. The zero-order valence-corrected chi connectivity index (χ0v) is 14.2. The van der Waals surface area contributed by atoms with Crippen LogP contribution < -0.4 is 4.72 Å². The van der Waals surface area contributed by atoms with Crippen molar-refractivity contribution < 1.29 is 13.5 Å². The molecule has 0 bridgehead atoms. The van der Waals surface area contributed by atoms with E-state index in [1.165, 1.54) is 0 Å². The number of unbranched alkanes of at least 4 members (excludes halogenated alkanes) is 1. The van der Waals surface area contributed by atoms with Crippen LogP contribution in [0.2, 0.25) is 0 Å². The fraction of sp³-hybridized carbons (Fsp3) is 0.562. The Morgan fingerprint density at radius 2 is 1.86 bits per heavy atom. The van der Waals surface area contributed by atoms with Crippen LogP contribution in [0.1, 0.15) is 50.8 Å². The molecule has 0 aliphatic rings. The van der Waals surface area contributed by atoms with Crippen molar-refractivity contribution in [2.45, 2.75) is 45.1 Å². The summed E-state index contributed by atoms with van der Waals surface area (Å²) in [6, 6.07) is 9.43. The number of nitrogens with one attached hydrogen (secondary N) is 1. The normalized spacial score (nSPS) is 13.6. The van der Waals surface area contributed by atoms with Crippen LogP contribution in [0.4, 0.5) is 0 Å². The molecule has 1 unspecified atom stereocenters. The molecule has 0 aromatic heterocycles. The van der Waals surface area contributed by atoms with Gasteiger partial charge in [-0.1, -0.05) is 45.0 Å². The number of aliphatic hydroxyl groups is 1. The summed E-state index contributed by atoms with van der Waals surface area (Å²) in [5.41, 5.74) is 1.86. The van der Waals surface area contributed by atoms with Gasteiger partial charge in [-0.15, -0.1) is 0 Å². The maximum absolute atomic E-state index is 11.7. The molecule has 122 valence electrons. The fourth-order valence-corrected chi connectivity index (χ4v) is 3.02. The monoisotopic (exact) mass is 324 g/mol. The third kappa shape index (κ3) is 6.14. The van der Waals surface area contributed by atoms with Gasteiger partial charge in [-0.2, -0.15) is 5.26 Å². The molecule has 0 fully saturated rings. The Labute approximate surface area is 133 Å². The van der Waals surface area contributed by atoms with Crippen LogP contribution in [0.25, 0.3) is 0 Å². The van der Waals surface area contributed by atoms with E-state index in [0.29, 0.717) is 12.0 Å². The van der Waals surface area contributed by atoms with Crippen LogP contribution in [-0.4, -0.2) is 25.8 Å². The van der Waals surface area contributed by atoms with E-state index in [4.69, 9.17) is 5.26 Å². The smallest absolute Gasteiger partial charge is 0.211 e. The molecule has 2 N–H and O–H groups in total. The Morgan fingerprint density at radius 3 is 2.36 bits per heavy atom. The van der Waals surface area contributed by atoms with Crippen LogP contribution in [0.15, 0.2) is 24.3 Å². The molecule has 0 saturated carbocycles. The van der Waals surface area contributed by atoms with Gasteiger partial charge in [0.2, 0.25) is 10.0 Å². The minimum Gasteiger partial charge on any atom is -0.387 e. The molecule has 1 aromatic carbocycles. The highest BCUT2D eigenvalue weighted by atomic mass is 32.2. The van der Waals surface area contributed by atoms with Gasteiger partial charge in [0.05, 0.1) is 17.9 Å². The van der Waals surface area contributed by atoms with Gasteiger partial charge in [0, 0.05) is 13.0 Å². The second kappa shape index (κ2) is 7.73. The lowest BCUT2D eigenvalue weighted by Gasteiger charge is -2.20. The standard InChI is InChI=1S/C16H24N2O3S/c1-16(2,3)14-8-6-13(7-9-14)15(19)12-18-22(20,21)11-5-4-10-17/h6-9,15,18-19H,4-5,11-12H2,1-3H3. The van der Waals surface area contributed by atoms with Gasteiger partial charge in [0.25, 0.3) is 0 Å². The van der Waals surface area contributed by atoms with E-state index in [2.05, 4.69) is 25.5 Å². The van der Waals surface area contributed by atoms with E-state index >= 15 is 0 Å². The van der Waals surface area contributed by atoms with Crippen molar-refractivity contribution in [1.82, 2.24) is 4.72 Å². The molecule has 1 atom stereocenters. The van der Waals surface area contributed by atoms with Gasteiger partial charge >= 0.3 is 0 Å². The lowest BCUT2D eigenvalue weighted by Crippen LogP contribution is -2.30. The Balaban J connectivity index is 2.59. The number of hydrogen-bond donors (Lipinski definition) is 2. The van der Waals surface area contributed by atoms with E-state index in [1.807, 2.05) is 30.3 Å². The molecular weight excluding hydrogens is 300 g/mol. The predicted molar refractivity (Wildman–Crippen MR) is 86.7 cm³/mol.